The van der Waals surface area contributed by atoms with Crippen LogP contribution in [0.1, 0.15) is 66.8 Å². The molecular formula is C45H45ClSi. The fourth-order valence-electron chi connectivity index (χ4n) is 7.66. The minimum absolute atomic E-state index is 0.888. The molecule has 0 aliphatic heterocycles. The molecule has 0 aliphatic rings. The van der Waals surface area contributed by atoms with Gasteiger partial charge in [-0.05, 0) is 143 Å². The molecular weight excluding hydrogens is 604 g/mol. The summed E-state index contributed by atoms with van der Waals surface area (Å²) in [5.74, 6) is 0. The molecule has 0 unspecified atom stereocenters. The van der Waals surface area contributed by atoms with Gasteiger partial charge >= 0.3 is 0 Å². The smallest absolute Gasteiger partial charge is 0.149 e. The Labute approximate surface area is 287 Å². The molecule has 0 saturated carbocycles. The maximum atomic E-state index is 8.71. The molecule has 0 N–H and O–H groups in total. The summed E-state index contributed by atoms with van der Waals surface area (Å²) in [4.78, 5) is 0. The van der Waals surface area contributed by atoms with Gasteiger partial charge in [0.15, 0.2) is 0 Å². The van der Waals surface area contributed by atoms with Crippen LogP contribution >= 0.6 is 11.1 Å². The summed E-state index contributed by atoms with van der Waals surface area (Å²) in [6, 6.07) is 46.4. The van der Waals surface area contributed by atoms with Crippen molar-refractivity contribution in [3.05, 3.63) is 194 Å². The van der Waals surface area contributed by atoms with Gasteiger partial charge in [-0.2, -0.15) is 0 Å². The van der Waals surface area contributed by atoms with Crippen molar-refractivity contribution in [2.24, 2.45) is 0 Å². The number of halogens is 1. The molecule has 0 radical (unpaired) electrons. The lowest BCUT2D eigenvalue weighted by atomic mass is 9.98. The molecule has 0 nitrogen and oxygen atoms in total. The number of aryl methyl sites for hydroxylation is 3. The number of benzene rings is 6. The number of hydrogen-bond donors (Lipinski definition) is 0. The Hall–Kier alpha value is -4.17. The normalized spacial score (nSPS) is 11.6. The highest BCUT2D eigenvalue weighted by atomic mass is 35.6. The zero-order valence-electron chi connectivity index (χ0n) is 28.6. The maximum Gasteiger partial charge on any atom is 0.249 e. The zero-order valence-corrected chi connectivity index (χ0v) is 30.4. The molecule has 0 heterocycles. The van der Waals surface area contributed by atoms with Crippen LogP contribution in [0.4, 0.5) is 0 Å². The van der Waals surface area contributed by atoms with E-state index in [9.17, 15) is 0 Å². The van der Waals surface area contributed by atoms with Crippen LogP contribution in [0, 0.1) is 41.5 Å². The minimum atomic E-state index is -3.12. The molecule has 0 amide bonds. The van der Waals surface area contributed by atoms with E-state index in [1.807, 2.05) is 0 Å². The van der Waals surface area contributed by atoms with E-state index in [-0.39, 0.29) is 0 Å². The van der Waals surface area contributed by atoms with Gasteiger partial charge in [-0.15, -0.1) is 11.1 Å². The Morgan fingerprint density at radius 2 is 0.617 bits per heavy atom. The van der Waals surface area contributed by atoms with Crippen molar-refractivity contribution < 1.29 is 0 Å². The van der Waals surface area contributed by atoms with Gasteiger partial charge in [-0.1, -0.05) is 127 Å². The third-order valence-electron chi connectivity index (χ3n) is 10.1. The molecule has 0 aromatic heterocycles. The number of rotatable bonds is 9. The lowest BCUT2D eigenvalue weighted by molar-refractivity contribution is 1.15. The summed E-state index contributed by atoms with van der Waals surface area (Å²) in [6.07, 6.45) is 2.66. The van der Waals surface area contributed by atoms with E-state index in [4.69, 9.17) is 11.1 Å². The average Bonchev–Trinajstić information content (AvgIpc) is 3.07. The SMILES string of the molecule is Cc1ccc(Cc2ccccc2)c(C)c1[Si](Cl)(c1c(C)ccc(Cc2ccccc2)c1C)c1c(C)ccc(Cc2ccccc2)c1C. The zero-order chi connectivity index (χ0) is 33.1. The second kappa shape index (κ2) is 13.9. The Kier molecular flexibility index (Phi) is 9.69. The summed E-state index contributed by atoms with van der Waals surface area (Å²) >= 11 is 8.71. The molecule has 0 spiro atoms. The quantitative estimate of drug-likeness (QED) is 0.0832. The summed E-state index contributed by atoms with van der Waals surface area (Å²) in [5.41, 5.74) is 15.8. The van der Waals surface area contributed by atoms with E-state index < -0.39 is 7.38 Å². The van der Waals surface area contributed by atoms with Crippen LogP contribution in [0.3, 0.4) is 0 Å². The second-order valence-corrected chi connectivity index (χ2v) is 17.8. The molecule has 0 aliphatic carbocycles. The molecule has 0 saturated heterocycles. The first kappa shape index (κ1) is 32.8. The summed E-state index contributed by atoms with van der Waals surface area (Å²) in [6.45, 7) is 13.8. The first-order valence-electron chi connectivity index (χ1n) is 16.8. The predicted octanol–water partition coefficient (Wildman–Crippen LogP) is 9.52. The third-order valence-corrected chi connectivity index (χ3v) is 16.2. The standard InChI is InChI=1S/C45H45ClSi/c1-31-22-25-40(28-37-16-10-7-11-17-37)34(4)43(31)47(46,44-32(2)23-26-41(35(44)5)29-38-18-12-8-13-19-38)45-33(3)24-27-42(36(45)6)30-39-20-14-9-15-21-39/h7-27H,28-30H2,1-6H3. The Bertz CT molecular complexity index is 1780. The molecule has 0 fully saturated rings. The molecule has 236 valence electrons. The van der Waals surface area contributed by atoms with Crippen LogP contribution in [-0.4, -0.2) is 7.38 Å². The van der Waals surface area contributed by atoms with Gasteiger partial charge in [0.05, 0.1) is 0 Å². The van der Waals surface area contributed by atoms with Crippen LogP contribution in [0.2, 0.25) is 0 Å². The van der Waals surface area contributed by atoms with Gasteiger partial charge in [0.25, 0.3) is 0 Å². The highest BCUT2D eigenvalue weighted by molar-refractivity contribution is 7.41. The largest absolute Gasteiger partial charge is 0.249 e. The second-order valence-electron chi connectivity index (χ2n) is 13.3. The van der Waals surface area contributed by atoms with Crippen molar-refractivity contribution in [1.29, 1.82) is 0 Å². The molecule has 6 rings (SSSR count). The predicted molar refractivity (Wildman–Crippen MR) is 206 cm³/mol. The van der Waals surface area contributed by atoms with Crippen molar-refractivity contribution in [1.82, 2.24) is 0 Å². The van der Waals surface area contributed by atoms with Crippen molar-refractivity contribution in [3.8, 4) is 0 Å². The Morgan fingerprint density at radius 1 is 0.362 bits per heavy atom. The molecule has 0 atom stereocenters. The summed E-state index contributed by atoms with van der Waals surface area (Å²) in [7, 11) is -3.12. The van der Waals surface area contributed by atoms with Crippen LogP contribution in [0.15, 0.2) is 127 Å². The van der Waals surface area contributed by atoms with Crippen molar-refractivity contribution in [3.63, 3.8) is 0 Å². The van der Waals surface area contributed by atoms with E-state index in [1.54, 1.807) is 0 Å². The van der Waals surface area contributed by atoms with Gasteiger partial charge < -0.3 is 0 Å². The van der Waals surface area contributed by atoms with Gasteiger partial charge in [-0.3, -0.25) is 0 Å². The molecule has 6 aromatic carbocycles. The van der Waals surface area contributed by atoms with Crippen LogP contribution < -0.4 is 15.6 Å². The monoisotopic (exact) mass is 648 g/mol. The number of hydrogen-bond acceptors (Lipinski definition) is 0. The van der Waals surface area contributed by atoms with E-state index in [1.165, 1.54) is 82.3 Å². The van der Waals surface area contributed by atoms with Gasteiger partial charge in [0.2, 0.25) is 7.38 Å². The summed E-state index contributed by atoms with van der Waals surface area (Å²) < 4.78 is 0. The molecule has 2 heteroatoms. The van der Waals surface area contributed by atoms with Crippen LogP contribution in [-0.2, 0) is 19.3 Å². The van der Waals surface area contributed by atoms with E-state index in [2.05, 4.69) is 169 Å². The Balaban J connectivity index is 1.64. The fourth-order valence-corrected chi connectivity index (χ4v) is 14.9. The van der Waals surface area contributed by atoms with Gasteiger partial charge in [0.1, 0.15) is 0 Å². The van der Waals surface area contributed by atoms with E-state index in [0.29, 0.717) is 0 Å². The van der Waals surface area contributed by atoms with Crippen molar-refractivity contribution >= 4 is 34.0 Å². The fraction of sp³-hybridized carbons (Fsp3) is 0.200. The van der Waals surface area contributed by atoms with Crippen molar-refractivity contribution in [2.45, 2.75) is 60.8 Å². The van der Waals surface area contributed by atoms with Gasteiger partial charge in [0, 0.05) is 0 Å². The topological polar surface area (TPSA) is 0 Å². The lowest BCUT2D eigenvalue weighted by Gasteiger charge is -2.36. The molecule has 47 heavy (non-hydrogen) atoms. The average molecular weight is 649 g/mol. The molecule has 0 bridgehead atoms. The van der Waals surface area contributed by atoms with Crippen LogP contribution in [0.25, 0.3) is 0 Å². The van der Waals surface area contributed by atoms with Gasteiger partial charge in [-0.25, -0.2) is 0 Å². The first-order valence-corrected chi connectivity index (χ1v) is 19.8. The maximum absolute atomic E-state index is 8.71. The highest BCUT2D eigenvalue weighted by Gasteiger charge is 2.45. The van der Waals surface area contributed by atoms with Crippen LogP contribution in [0.5, 0.6) is 0 Å². The molecule has 6 aromatic rings. The first-order chi connectivity index (χ1) is 22.7. The third kappa shape index (κ3) is 6.53. The Morgan fingerprint density at radius 3 is 0.872 bits per heavy atom. The van der Waals surface area contributed by atoms with E-state index >= 15 is 0 Å². The highest BCUT2D eigenvalue weighted by Crippen LogP contribution is 2.28. The van der Waals surface area contributed by atoms with Crippen molar-refractivity contribution in [2.75, 3.05) is 0 Å². The van der Waals surface area contributed by atoms with E-state index in [0.717, 1.165) is 19.3 Å². The minimum Gasteiger partial charge on any atom is -0.149 e. The lowest BCUT2D eigenvalue weighted by Crippen LogP contribution is -2.67. The summed E-state index contributed by atoms with van der Waals surface area (Å²) in [5, 5.41) is 4.04.